The van der Waals surface area contributed by atoms with Crippen molar-refractivity contribution in [2.24, 2.45) is 11.8 Å². The molecule has 1 aliphatic heterocycles. The van der Waals surface area contributed by atoms with Gasteiger partial charge in [0.05, 0.1) is 18.3 Å². The number of ether oxygens (including phenoxy) is 1. The van der Waals surface area contributed by atoms with Crippen molar-refractivity contribution in [3.63, 3.8) is 0 Å². The number of rotatable bonds is 6. The van der Waals surface area contributed by atoms with Gasteiger partial charge in [0.15, 0.2) is 6.10 Å². The van der Waals surface area contributed by atoms with Gasteiger partial charge in [0, 0.05) is 12.2 Å². The summed E-state index contributed by atoms with van der Waals surface area (Å²) >= 11 is 0. The summed E-state index contributed by atoms with van der Waals surface area (Å²) in [6, 6.07) is 7.29. The highest BCUT2D eigenvalue weighted by Gasteiger charge is 2.47. The predicted molar refractivity (Wildman–Crippen MR) is 102 cm³/mol. The van der Waals surface area contributed by atoms with Crippen LogP contribution in [0.2, 0.25) is 0 Å². The number of aryl methyl sites for hydroxylation is 1. The largest absolute Gasteiger partial charge is 0.452 e. The molecule has 0 aromatic heterocycles. The Morgan fingerprint density at radius 2 is 1.82 bits per heavy atom. The molecule has 1 saturated heterocycles. The number of likely N-dealkylation sites (tertiary alicyclic amines) is 1. The van der Waals surface area contributed by atoms with Gasteiger partial charge in [-0.2, -0.15) is 0 Å². The van der Waals surface area contributed by atoms with Crippen molar-refractivity contribution >= 4 is 29.4 Å². The maximum Gasteiger partial charge on any atom is 0.308 e. The molecule has 1 heterocycles. The zero-order valence-electron chi connectivity index (χ0n) is 16.0. The van der Waals surface area contributed by atoms with Crippen LogP contribution in [0.5, 0.6) is 0 Å². The molecule has 1 aliphatic carbocycles. The molecule has 0 spiro atoms. The zero-order chi connectivity index (χ0) is 20.3. The van der Waals surface area contributed by atoms with Gasteiger partial charge in [0.2, 0.25) is 11.8 Å². The number of hydrogen-bond acceptors (Lipinski definition) is 5. The molecule has 7 heteroatoms. The molecule has 7 nitrogen and oxygen atoms in total. The van der Waals surface area contributed by atoms with E-state index in [0.717, 1.165) is 10.5 Å². The van der Waals surface area contributed by atoms with Gasteiger partial charge in [-0.3, -0.25) is 24.1 Å². The van der Waals surface area contributed by atoms with Gasteiger partial charge in [0.25, 0.3) is 5.91 Å². The van der Waals surface area contributed by atoms with Gasteiger partial charge in [-0.15, -0.1) is 0 Å². The molecule has 1 fully saturated rings. The number of carbonyl (C=O) groups is 4. The fraction of sp³-hybridized carbons (Fsp3) is 0.429. The van der Waals surface area contributed by atoms with Gasteiger partial charge >= 0.3 is 5.97 Å². The smallest absolute Gasteiger partial charge is 0.308 e. The van der Waals surface area contributed by atoms with E-state index < -0.39 is 18.0 Å². The van der Waals surface area contributed by atoms with Crippen LogP contribution in [0.1, 0.15) is 31.7 Å². The third-order valence-electron chi connectivity index (χ3n) is 5.10. The molecule has 28 heavy (non-hydrogen) atoms. The molecular formula is C21H24N2O5. The molecular weight excluding hydrogens is 360 g/mol. The van der Waals surface area contributed by atoms with E-state index in [9.17, 15) is 19.2 Å². The van der Waals surface area contributed by atoms with E-state index in [-0.39, 0.29) is 36.6 Å². The monoisotopic (exact) mass is 384 g/mol. The standard InChI is InChI=1S/C21H24N2O5/c1-13-6-5-7-15(12-13)22-19(25)14(2)28-18(24)10-11-23-20(26)16-8-3-4-9-17(16)21(23)27/h3-7,12,14,16-17H,8-11H2,1-2H3,(H,22,25)/t14-,16+,17+/m1/s1. The number of imide groups is 1. The molecule has 3 atom stereocenters. The van der Waals surface area contributed by atoms with Crippen LogP contribution in [-0.4, -0.2) is 41.2 Å². The number of esters is 1. The quantitative estimate of drug-likeness (QED) is 0.461. The summed E-state index contributed by atoms with van der Waals surface area (Å²) < 4.78 is 5.15. The molecule has 3 amide bonds. The number of hydrogen-bond donors (Lipinski definition) is 1. The molecule has 0 radical (unpaired) electrons. The summed E-state index contributed by atoms with van der Waals surface area (Å²) in [4.78, 5) is 50.2. The summed E-state index contributed by atoms with van der Waals surface area (Å²) in [7, 11) is 0. The van der Waals surface area contributed by atoms with E-state index in [1.807, 2.05) is 37.3 Å². The van der Waals surface area contributed by atoms with Crippen molar-refractivity contribution in [3.05, 3.63) is 42.0 Å². The highest BCUT2D eigenvalue weighted by atomic mass is 16.5. The fourth-order valence-corrected chi connectivity index (χ4v) is 3.57. The van der Waals surface area contributed by atoms with Crippen molar-refractivity contribution in [3.8, 4) is 0 Å². The molecule has 1 aromatic rings. The molecule has 148 valence electrons. The molecule has 0 saturated carbocycles. The van der Waals surface area contributed by atoms with E-state index in [4.69, 9.17) is 4.74 Å². The van der Waals surface area contributed by atoms with E-state index in [1.54, 1.807) is 6.07 Å². The maximum atomic E-state index is 12.4. The van der Waals surface area contributed by atoms with E-state index in [1.165, 1.54) is 6.92 Å². The van der Waals surface area contributed by atoms with Crippen molar-refractivity contribution in [2.45, 2.75) is 39.2 Å². The molecule has 0 unspecified atom stereocenters. The average Bonchev–Trinajstić information content (AvgIpc) is 2.91. The highest BCUT2D eigenvalue weighted by Crippen LogP contribution is 2.35. The Hall–Kier alpha value is -2.96. The lowest BCUT2D eigenvalue weighted by Crippen LogP contribution is -2.35. The Bertz CT molecular complexity index is 806. The Labute approximate surface area is 163 Å². The number of nitrogens with one attached hydrogen (secondary N) is 1. The number of benzene rings is 1. The van der Waals surface area contributed by atoms with Crippen LogP contribution < -0.4 is 5.32 Å². The van der Waals surface area contributed by atoms with Gasteiger partial charge in [0.1, 0.15) is 0 Å². The number of amides is 3. The van der Waals surface area contributed by atoms with Crippen LogP contribution in [0.3, 0.4) is 0 Å². The van der Waals surface area contributed by atoms with Crippen molar-refractivity contribution in [1.82, 2.24) is 4.90 Å². The summed E-state index contributed by atoms with van der Waals surface area (Å²) in [5.41, 5.74) is 1.62. The lowest BCUT2D eigenvalue weighted by atomic mass is 9.85. The minimum absolute atomic E-state index is 0.0181. The first-order chi connectivity index (χ1) is 13.4. The van der Waals surface area contributed by atoms with E-state index in [2.05, 4.69) is 5.32 Å². The van der Waals surface area contributed by atoms with E-state index >= 15 is 0 Å². The summed E-state index contributed by atoms with van der Waals surface area (Å²) in [5.74, 6) is -2.14. The van der Waals surface area contributed by atoms with Crippen LogP contribution in [0.4, 0.5) is 5.69 Å². The molecule has 2 aliphatic rings. The minimum Gasteiger partial charge on any atom is -0.452 e. The normalized spacial score (nSPS) is 22.0. The number of carbonyl (C=O) groups excluding carboxylic acids is 4. The lowest BCUT2D eigenvalue weighted by Gasteiger charge is -2.16. The number of allylic oxidation sites excluding steroid dienone is 2. The first kappa shape index (κ1) is 19.8. The molecule has 1 aromatic carbocycles. The van der Waals surface area contributed by atoms with Gasteiger partial charge in [-0.25, -0.2) is 0 Å². The molecule has 3 rings (SSSR count). The third kappa shape index (κ3) is 4.30. The Morgan fingerprint density at radius 3 is 2.43 bits per heavy atom. The first-order valence-corrected chi connectivity index (χ1v) is 9.44. The number of fused-ring (bicyclic) bond motifs is 1. The second-order valence-corrected chi connectivity index (χ2v) is 7.22. The molecule has 1 N–H and O–H groups in total. The molecule has 0 bridgehead atoms. The number of nitrogens with zero attached hydrogens (tertiary/aromatic N) is 1. The van der Waals surface area contributed by atoms with Gasteiger partial charge < -0.3 is 10.1 Å². The van der Waals surface area contributed by atoms with Crippen LogP contribution >= 0.6 is 0 Å². The van der Waals surface area contributed by atoms with Gasteiger partial charge in [-0.05, 0) is 44.4 Å². The van der Waals surface area contributed by atoms with Gasteiger partial charge in [-0.1, -0.05) is 24.3 Å². The fourth-order valence-electron chi connectivity index (χ4n) is 3.57. The second kappa shape index (κ2) is 8.37. The Balaban J connectivity index is 1.48. The summed E-state index contributed by atoms with van der Waals surface area (Å²) in [5, 5.41) is 2.69. The topological polar surface area (TPSA) is 92.8 Å². The van der Waals surface area contributed by atoms with Crippen LogP contribution in [0.15, 0.2) is 36.4 Å². The Morgan fingerprint density at radius 1 is 1.18 bits per heavy atom. The summed E-state index contributed by atoms with van der Waals surface area (Å²) in [6.07, 6.45) is 3.84. The predicted octanol–water partition coefficient (Wildman–Crippen LogP) is 2.21. The SMILES string of the molecule is Cc1cccc(NC(=O)[C@@H](C)OC(=O)CCN2C(=O)[C@H]3CC=CC[C@@H]3C2=O)c1. The second-order valence-electron chi connectivity index (χ2n) is 7.22. The van der Waals surface area contributed by atoms with E-state index in [0.29, 0.717) is 18.5 Å². The van der Waals surface area contributed by atoms with Crippen molar-refractivity contribution < 1.29 is 23.9 Å². The third-order valence-corrected chi connectivity index (χ3v) is 5.10. The maximum absolute atomic E-state index is 12.4. The van der Waals surface area contributed by atoms with Crippen LogP contribution in [0, 0.1) is 18.8 Å². The average molecular weight is 384 g/mol. The highest BCUT2D eigenvalue weighted by molar-refractivity contribution is 6.05. The summed E-state index contributed by atoms with van der Waals surface area (Å²) in [6.45, 7) is 3.37. The van der Waals surface area contributed by atoms with Crippen molar-refractivity contribution in [2.75, 3.05) is 11.9 Å². The first-order valence-electron chi connectivity index (χ1n) is 9.44. The van der Waals surface area contributed by atoms with Crippen molar-refractivity contribution in [1.29, 1.82) is 0 Å². The lowest BCUT2D eigenvalue weighted by molar-refractivity contribution is -0.154. The minimum atomic E-state index is -0.982. The number of anilines is 1. The Kier molecular flexibility index (Phi) is 5.92. The van der Waals surface area contributed by atoms with Crippen LogP contribution in [-0.2, 0) is 23.9 Å². The zero-order valence-corrected chi connectivity index (χ0v) is 16.0. The van der Waals surface area contributed by atoms with Crippen LogP contribution in [0.25, 0.3) is 0 Å².